The van der Waals surface area contributed by atoms with Gasteiger partial charge in [0.25, 0.3) is 5.56 Å². The third-order valence-corrected chi connectivity index (χ3v) is 3.27. The first-order chi connectivity index (χ1) is 9.93. The van der Waals surface area contributed by atoms with Gasteiger partial charge in [-0.05, 0) is 0 Å². The summed E-state index contributed by atoms with van der Waals surface area (Å²) in [4.78, 5) is 24.8. The van der Waals surface area contributed by atoms with Gasteiger partial charge in [-0.2, -0.15) is 0 Å². The molecule has 2 heterocycles. The number of nitrogens with one attached hydrogen (secondary N) is 1. The Morgan fingerprint density at radius 3 is 2.81 bits per heavy atom. The third-order valence-electron chi connectivity index (χ3n) is 3.27. The molecule has 114 valence electrons. The summed E-state index contributed by atoms with van der Waals surface area (Å²) in [6.07, 6.45) is -2.41. The van der Waals surface area contributed by atoms with E-state index in [0.29, 0.717) is 6.42 Å². The van der Waals surface area contributed by atoms with Crippen molar-refractivity contribution >= 4 is 0 Å². The van der Waals surface area contributed by atoms with Gasteiger partial charge in [-0.15, -0.1) is 5.92 Å². The van der Waals surface area contributed by atoms with Crippen molar-refractivity contribution in [1.29, 1.82) is 0 Å². The van der Waals surface area contributed by atoms with Gasteiger partial charge in [0.05, 0.1) is 6.61 Å². The Bertz CT molecular complexity index is 684. The number of aromatic nitrogens is 2. The topological polar surface area (TPSA) is 125 Å². The molecule has 21 heavy (non-hydrogen) atoms. The van der Waals surface area contributed by atoms with Crippen LogP contribution in [0.1, 0.15) is 19.6 Å². The maximum Gasteiger partial charge on any atom is 0.330 e. The van der Waals surface area contributed by atoms with Gasteiger partial charge < -0.3 is 20.1 Å². The first-order valence-electron chi connectivity index (χ1n) is 6.42. The molecule has 0 bridgehead atoms. The molecule has 2 rings (SSSR count). The van der Waals surface area contributed by atoms with E-state index in [4.69, 9.17) is 4.74 Å². The molecule has 0 aliphatic carbocycles. The SMILES string of the molecule is CCC#C[C@@]1(O)[C@@H](CO)O[C@@H](n2ccc(=O)[nH]c2=O)[C@@H]1O. The minimum atomic E-state index is -2.00. The molecular formula is C13H16N2O6. The Morgan fingerprint density at radius 1 is 1.52 bits per heavy atom. The normalized spacial score (nSPS) is 31.7. The van der Waals surface area contributed by atoms with Crippen LogP contribution in [0.25, 0.3) is 0 Å². The number of ether oxygens (including phenoxy) is 1. The van der Waals surface area contributed by atoms with E-state index in [9.17, 15) is 24.9 Å². The molecule has 1 aliphatic rings. The van der Waals surface area contributed by atoms with Crippen molar-refractivity contribution in [3.63, 3.8) is 0 Å². The third kappa shape index (κ3) is 2.64. The fourth-order valence-electron chi connectivity index (χ4n) is 2.17. The second-order valence-electron chi connectivity index (χ2n) is 4.64. The summed E-state index contributed by atoms with van der Waals surface area (Å²) in [6.45, 7) is 1.18. The van der Waals surface area contributed by atoms with E-state index in [1.54, 1.807) is 6.92 Å². The van der Waals surface area contributed by atoms with Crippen molar-refractivity contribution in [2.45, 2.75) is 37.4 Å². The molecule has 1 saturated heterocycles. The largest absolute Gasteiger partial charge is 0.394 e. The summed E-state index contributed by atoms with van der Waals surface area (Å²) in [5, 5.41) is 30.0. The summed E-state index contributed by atoms with van der Waals surface area (Å²) >= 11 is 0. The van der Waals surface area contributed by atoms with Crippen molar-refractivity contribution < 1.29 is 20.1 Å². The van der Waals surface area contributed by atoms with Crippen molar-refractivity contribution in [3.05, 3.63) is 33.1 Å². The van der Waals surface area contributed by atoms with E-state index in [1.807, 2.05) is 4.98 Å². The molecule has 1 aromatic heterocycles. The van der Waals surface area contributed by atoms with Crippen LogP contribution in [-0.2, 0) is 4.74 Å². The molecule has 1 fully saturated rings. The number of rotatable bonds is 2. The molecular weight excluding hydrogens is 280 g/mol. The molecule has 4 atom stereocenters. The van der Waals surface area contributed by atoms with Gasteiger partial charge in [-0.25, -0.2) is 4.79 Å². The number of aliphatic hydroxyl groups excluding tert-OH is 2. The lowest BCUT2D eigenvalue weighted by Gasteiger charge is -2.24. The Kier molecular flexibility index (Phi) is 4.29. The predicted octanol–water partition coefficient (Wildman–Crippen LogP) is -2.07. The Labute approximate surface area is 119 Å². The van der Waals surface area contributed by atoms with Crippen LogP contribution in [0, 0.1) is 11.8 Å². The smallest absolute Gasteiger partial charge is 0.330 e. The quantitative estimate of drug-likeness (QED) is 0.465. The number of nitrogens with zero attached hydrogens (tertiary/aromatic N) is 1. The van der Waals surface area contributed by atoms with E-state index in [-0.39, 0.29) is 0 Å². The zero-order chi connectivity index (χ0) is 15.6. The van der Waals surface area contributed by atoms with E-state index < -0.39 is 41.9 Å². The number of hydrogen-bond acceptors (Lipinski definition) is 6. The van der Waals surface area contributed by atoms with Crippen LogP contribution in [0.5, 0.6) is 0 Å². The summed E-state index contributed by atoms with van der Waals surface area (Å²) in [5.74, 6) is 5.10. The molecule has 8 nitrogen and oxygen atoms in total. The molecule has 1 aliphatic heterocycles. The Morgan fingerprint density at radius 2 is 2.24 bits per heavy atom. The van der Waals surface area contributed by atoms with Gasteiger partial charge in [0.15, 0.2) is 11.8 Å². The monoisotopic (exact) mass is 296 g/mol. The number of hydrogen-bond donors (Lipinski definition) is 4. The minimum absolute atomic E-state index is 0.441. The minimum Gasteiger partial charge on any atom is -0.394 e. The average Bonchev–Trinajstić information content (AvgIpc) is 2.70. The van der Waals surface area contributed by atoms with Crippen LogP contribution >= 0.6 is 0 Å². The second-order valence-corrected chi connectivity index (χ2v) is 4.64. The molecule has 4 N–H and O–H groups in total. The van der Waals surface area contributed by atoms with Crippen LogP contribution < -0.4 is 11.2 Å². The van der Waals surface area contributed by atoms with E-state index >= 15 is 0 Å². The predicted molar refractivity (Wildman–Crippen MR) is 71.3 cm³/mol. The van der Waals surface area contributed by atoms with Crippen LogP contribution in [-0.4, -0.2) is 49.3 Å². The molecule has 1 aromatic rings. The average molecular weight is 296 g/mol. The van der Waals surface area contributed by atoms with Crippen molar-refractivity contribution in [2.75, 3.05) is 6.61 Å². The van der Waals surface area contributed by atoms with Crippen molar-refractivity contribution in [3.8, 4) is 11.8 Å². The fraction of sp³-hybridized carbons (Fsp3) is 0.538. The zero-order valence-corrected chi connectivity index (χ0v) is 11.3. The molecule has 0 aromatic carbocycles. The van der Waals surface area contributed by atoms with Gasteiger partial charge in [-0.3, -0.25) is 14.3 Å². The number of H-pyrrole nitrogens is 1. The lowest BCUT2D eigenvalue weighted by molar-refractivity contribution is -0.0625. The highest BCUT2D eigenvalue weighted by Crippen LogP contribution is 2.36. The van der Waals surface area contributed by atoms with E-state index in [0.717, 1.165) is 16.8 Å². The molecule has 0 saturated carbocycles. The standard InChI is InChI=1S/C13H16N2O6/c1-2-3-5-13(20)8(7-16)21-11(10(13)18)15-6-4-9(17)14-12(15)19/h4,6,8,10-11,16,18,20H,2,7H2,1H3,(H,14,17,19)/t8-,10+,11-,13-/m1/s1. The molecule has 0 unspecified atom stereocenters. The Balaban J connectivity index is 2.44. The fourth-order valence-corrected chi connectivity index (χ4v) is 2.17. The summed E-state index contributed by atoms with van der Waals surface area (Å²) < 4.78 is 6.26. The van der Waals surface area contributed by atoms with Gasteiger partial charge in [-0.1, -0.05) is 12.8 Å². The maximum absolute atomic E-state index is 11.7. The van der Waals surface area contributed by atoms with Crippen LogP contribution in [0.15, 0.2) is 21.9 Å². The second kappa shape index (κ2) is 5.83. The summed E-state index contributed by atoms with van der Waals surface area (Å²) in [6, 6.07) is 1.08. The molecule has 8 heteroatoms. The van der Waals surface area contributed by atoms with Crippen LogP contribution in [0.3, 0.4) is 0 Å². The Hall–Kier alpha value is -1.92. The van der Waals surface area contributed by atoms with Crippen LogP contribution in [0.4, 0.5) is 0 Å². The maximum atomic E-state index is 11.7. The number of aliphatic hydroxyl groups is 3. The van der Waals surface area contributed by atoms with Gasteiger partial charge in [0.1, 0.15) is 12.2 Å². The highest BCUT2D eigenvalue weighted by molar-refractivity contribution is 5.23. The zero-order valence-electron chi connectivity index (χ0n) is 11.3. The van der Waals surface area contributed by atoms with Crippen LogP contribution in [0.2, 0.25) is 0 Å². The number of aromatic amines is 1. The highest BCUT2D eigenvalue weighted by atomic mass is 16.6. The molecule has 0 spiro atoms. The first kappa shape index (κ1) is 15.5. The van der Waals surface area contributed by atoms with E-state index in [2.05, 4.69) is 11.8 Å². The first-order valence-corrected chi connectivity index (χ1v) is 6.42. The lowest BCUT2D eigenvalue weighted by atomic mass is 9.93. The summed E-state index contributed by atoms with van der Waals surface area (Å²) in [7, 11) is 0. The summed E-state index contributed by atoms with van der Waals surface area (Å²) in [5.41, 5.74) is -3.38. The van der Waals surface area contributed by atoms with Gasteiger partial charge in [0, 0.05) is 18.7 Å². The lowest BCUT2D eigenvalue weighted by Crippen LogP contribution is -2.48. The van der Waals surface area contributed by atoms with E-state index in [1.165, 1.54) is 0 Å². The molecule has 0 amide bonds. The molecule has 0 radical (unpaired) electrons. The van der Waals surface area contributed by atoms with Crippen molar-refractivity contribution in [1.82, 2.24) is 9.55 Å². The highest BCUT2D eigenvalue weighted by Gasteiger charge is 2.55. The van der Waals surface area contributed by atoms with Gasteiger partial charge >= 0.3 is 5.69 Å². The van der Waals surface area contributed by atoms with Gasteiger partial charge in [0.2, 0.25) is 0 Å². The van der Waals surface area contributed by atoms with Crippen molar-refractivity contribution in [2.24, 2.45) is 0 Å².